The molecule has 3 amide bonds. The van der Waals surface area contributed by atoms with Crippen LogP contribution in [0.15, 0.2) is 28.8 Å². The number of aryl methyl sites for hydroxylation is 2. The SMILES string of the molecule is Cc1cc(-c2nc(C)c(C(=O)NNC(=O)Nc3ccc(Cl)cc3Cl)s2)no1. The van der Waals surface area contributed by atoms with E-state index in [9.17, 15) is 9.59 Å². The Morgan fingerprint density at radius 3 is 2.59 bits per heavy atom. The van der Waals surface area contributed by atoms with Crippen LogP contribution in [0, 0.1) is 13.8 Å². The van der Waals surface area contributed by atoms with Crippen LogP contribution in [0.1, 0.15) is 21.1 Å². The van der Waals surface area contributed by atoms with Crippen molar-refractivity contribution in [2.45, 2.75) is 13.8 Å². The number of amides is 3. The van der Waals surface area contributed by atoms with E-state index >= 15 is 0 Å². The Kier molecular flexibility index (Phi) is 5.64. The minimum absolute atomic E-state index is 0.273. The molecule has 0 unspecified atom stereocenters. The summed E-state index contributed by atoms with van der Waals surface area (Å²) in [5.41, 5.74) is 5.98. The summed E-state index contributed by atoms with van der Waals surface area (Å²) >= 11 is 12.9. The Bertz CT molecular complexity index is 1020. The maximum atomic E-state index is 12.3. The number of aromatic nitrogens is 2. The van der Waals surface area contributed by atoms with Gasteiger partial charge in [0.15, 0.2) is 0 Å². The molecule has 0 aliphatic heterocycles. The zero-order valence-corrected chi connectivity index (χ0v) is 16.4. The zero-order chi connectivity index (χ0) is 19.6. The van der Waals surface area contributed by atoms with E-state index in [1.165, 1.54) is 6.07 Å². The maximum Gasteiger partial charge on any atom is 0.337 e. The number of carbonyl (C=O) groups excluding carboxylic acids is 2. The van der Waals surface area contributed by atoms with Crippen LogP contribution in [0.3, 0.4) is 0 Å². The molecule has 2 heterocycles. The standard InChI is InChI=1S/C16H13Cl2N5O3S/c1-7-5-12(23-26-7)15-19-8(2)13(27-15)14(24)21-22-16(25)20-11-4-3-9(17)6-10(11)18/h3-6H,1-2H3,(H,21,24)(H2,20,22,25). The first kappa shape index (κ1) is 19.2. The van der Waals surface area contributed by atoms with Gasteiger partial charge >= 0.3 is 6.03 Å². The monoisotopic (exact) mass is 425 g/mol. The van der Waals surface area contributed by atoms with Crippen molar-refractivity contribution in [3.8, 4) is 10.7 Å². The highest BCUT2D eigenvalue weighted by Crippen LogP contribution is 2.27. The quantitative estimate of drug-likeness (QED) is 0.545. The number of carbonyl (C=O) groups is 2. The van der Waals surface area contributed by atoms with Crippen molar-refractivity contribution in [1.29, 1.82) is 0 Å². The summed E-state index contributed by atoms with van der Waals surface area (Å²) in [7, 11) is 0. The average Bonchev–Trinajstić information content (AvgIpc) is 3.21. The number of urea groups is 1. The predicted molar refractivity (Wildman–Crippen MR) is 103 cm³/mol. The number of benzene rings is 1. The fourth-order valence-corrected chi connectivity index (χ4v) is 3.47. The number of hydrogen-bond acceptors (Lipinski definition) is 6. The van der Waals surface area contributed by atoms with Gasteiger partial charge in [-0.05, 0) is 32.0 Å². The number of hydrazine groups is 1. The molecule has 3 N–H and O–H groups in total. The molecule has 0 radical (unpaired) electrons. The zero-order valence-electron chi connectivity index (χ0n) is 14.1. The maximum absolute atomic E-state index is 12.3. The van der Waals surface area contributed by atoms with Gasteiger partial charge in [0.25, 0.3) is 5.91 Å². The molecule has 0 aliphatic rings. The molecule has 140 valence electrons. The van der Waals surface area contributed by atoms with Crippen LogP contribution in [-0.2, 0) is 0 Å². The Labute approximate surface area is 167 Å². The van der Waals surface area contributed by atoms with Crippen molar-refractivity contribution in [2.75, 3.05) is 5.32 Å². The summed E-state index contributed by atoms with van der Waals surface area (Å²) in [5, 5.41) is 7.64. The van der Waals surface area contributed by atoms with Gasteiger partial charge in [0.1, 0.15) is 21.3 Å². The second kappa shape index (κ2) is 7.95. The molecule has 0 aliphatic carbocycles. The van der Waals surface area contributed by atoms with Crippen molar-refractivity contribution in [2.24, 2.45) is 0 Å². The van der Waals surface area contributed by atoms with Crippen LogP contribution in [0.25, 0.3) is 10.7 Å². The van der Waals surface area contributed by atoms with Crippen molar-refractivity contribution >= 4 is 52.2 Å². The molecular weight excluding hydrogens is 413 g/mol. The van der Waals surface area contributed by atoms with E-state index in [2.05, 4.69) is 26.3 Å². The van der Waals surface area contributed by atoms with E-state index in [1.807, 2.05) is 0 Å². The molecule has 1 aromatic carbocycles. The van der Waals surface area contributed by atoms with E-state index in [1.54, 1.807) is 32.0 Å². The summed E-state index contributed by atoms with van der Waals surface area (Å²) in [5.74, 6) is 0.136. The lowest BCUT2D eigenvalue weighted by Gasteiger charge is -2.09. The number of hydrogen-bond donors (Lipinski definition) is 3. The predicted octanol–water partition coefficient (Wildman–Crippen LogP) is 4.19. The van der Waals surface area contributed by atoms with Crippen LogP contribution < -0.4 is 16.2 Å². The molecule has 3 rings (SSSR count). The van der Waals surface area contributed by atoms with Crippen LogP contribution >= 0.6 is 34.5 Å². The number of rotatable bonds is 3. The summed E-state index contributed by atoms with van der Waals surface area (Å²) in [4.78, 5) is 28.9. The van der Waals surface area contributed by atoms with Gasteiger partial charge in [0.05, 0.1) is 16.4 Å². The lowest BCUT2D eigenvalue weighted by molar-refractivity contribution is 0.0941. The minimum Gasteiger partial charge on any atom is -0.361 e. The van der Waals surface area contributed by atoms with Gasteiger partial charge in [-0.1, -0.05) is 28.4 Å². The minimum atomic E-state index is -0.665. The van der Waals surface area contributed by atoms with Gasteiger partial charge in [0.2, 0.25) is 0 Å². The first-order valence-corrected chi connectivity index (χ1v) is 9.14. The number of nitrogens with zero attached hydrogens (tertiary/aromatic N) is 2. The van der Waals surface area contributed by atoms with Gasteiger partial charge in [-0.25, -0.2) is 15.2 Å². The summed E-state index contributed by atoms with van der Waals surface area (Å²) in [6.07, 6.45) is 0. The van der Waals surface area contributed by atoms with E-state index in [0.29, 0.717) is 37.7 Å². The highest BCUT2D eigenvalue weighted by Gasteiger charge is 2.18. The number of anilines is 1. The molecule has 3 aromatic rings. The van der Waals surface area contributed by atoms with Gasteiger partial charge < -0.3 is 9.84 Å². The Hall–Kier alpha value is -2.62. The number of halogens is 2. The van der Waals surface area contributed by atoms with Crippen molar-refractivity contribution in [3.05, 3.63) is 50.6 Å². The fourth-order valence-electron chi connectivity index (χ4n) is 2.10. The van der Waals surface area contributed by atoms with E-state index in [4.69, 9.17) is 27.7 Å². The first-order valence-electron chi connectivity index (χ1n) is 7.57. The lowest BCUT2D eigenvalue weighted by atomic mass is 10.3. The van der Waals surface area contributed by atoms with Crippen LogP contribution in [0.4, 0.5) is 10.5 Å². The largest absolute Gasteiger partial charge is 0.361 e. The Morgan fingerprint density at radius 1 is 1.15 bits per heavy atom. The van der Waals surface area contributed by atoms with E-state index < -0.39 is 11.9 Å². The molecule has 0 atom stereocenters. The second-order valence-electron chi connectivity index (χ2n) is 5.41. The second-order valence-corrected chi connectivity index (χ2v) is 7.26. The molecule has 0 fully saturated rings. The highest BCUT2D eigenvalue weighted by molar-refractivity contribution is 7.17. The third kappa shape index (κ3) is 4.57. The van der Waals surface area contributed by atoms with Crippen molar-refractivity contribution in [3.63, 3.8) is 0 Å². The molecular formula is C16H13Cl2N5O3S. The van der Waals surface area contributed by atoms with Gasteiger partial charge in [-0.3, -0.25) is 10.2 Å². The number of thiazole rings is 1. The van der Waals surface area contributed by atoms with Crippen molar-refractivity contribution < 1.29 is 14.1 Å². The number of nitrogens with one attached hydrogen (secondary N) is 3. The van der Waals surface area contributed by atoms with Gasteiger partial charge in [-0.15, -0.1) is 11.3 Å². The van der Waals surface area contributed by atoms with Crippen LogP contribution in [0.2, 0.25) is 10.0 Å². The van der Waals surface area contributed by atoms with Crippen LogP contribution in [0.5, 0.6) is 0 Å². The van der Waals surface area contributed by atoms with E-state index in [0.717, 1.165) is 11.3 Å². The summed E-state index contributed by atoms with van der Waals surface area (Å²) < 4.78 is 5.01. The normalized spacial score (nSPS) is 10.5. The lowest BCUT2D eigenvalue weighted by Crippen LogP contribution is -2.43. The molecule has 8 nitrogen and oxygen atoms in total. The Balaban J connectivity index is 1.62. The van der Waals surface area contributed by atoms with Crippen LogP contribution in [-0.4, -0.2) is 22.1 Å². The molecule has 11 heteroatoms. The third-order valence-corrected chi connectivity index (χ3v) is 5.05. The summed E-state index contributed by atoms with van der Waals surface area (Å²) in [6, 6.07) is 5.68. The van der Waals surface area contributed by atoms with Crippen molar-refractivity contribution in [1.82, 2.24) is 21.0 Å². The molecule has 0 bridgehead atoms. The highest BCUT2D eigenvalue weighted by atomic mass is 35.5. The molecule has 0 saturated heterocycles. The van der Waals surface area contributed by atoms with E-state index in [-0.39, 0.29) is 5.02 Å². The molecule has 27 heavy (non-hydrogen) atoms. The first-order chi connectivity index (χ1) is 12.8. The van der Waals surface area contributed by atoms with Gasteiger partial charge in [-0.2, -0.15) is 0 Å². The summed E-state index contributed by atoms with van der Waals surface area (Å²) in [6.45, 7) is 3.45. The third-order valence-electron chi connectivity index (χ3n) is 3.32. The Morgan fingerprint density at radius 2 is 1.93 bits per heavy atom. The smallest absolute Gasteiger partial charge is 0.337 e. The molecule has 0 spiro atoms. The van der Waals surface area contributed by atoms with Gasteiger partial charge in [0, 0.05) is 11.1 Å². The fraction of sp³-hybridized carbons (Fsp3) is 0.125. The average molecular weight is 426 g/mol. The topological polar surface area (TPSA) is 109 Å². The molecule has 2 aromatic heterocycles. The molecule has 0 saturated carbocycles.